The first kappa shape index (κ1) is 16.9. The van der Waals surface area contributed by atoms with Crippen LogP contribution in [0.15, 0.2) is 30.3 Å². The lowest BCUT2D eigenvalue weighted by Crippen LogP contribution is -2.18. The monoisotopic (exact) mass is 312 g/mol. The van der Waals surface area contributed by atoms with Crippen molar-refractivity contribution in [3.8, 4) is 0 Å². The minimum Gasteiger partial charge on any atom is -0.352 e. The molecule has 1 heterocycles. The molecule has 5 heteroatoms. The van der Waals surface area contributed by atoms with Gasteiger partial charge in [-0.1, -0.05) is 26.0 Å². The van der Waals surface area contributed by atoms with Crippen molar-refractivity contribution < 1.29 is 4.79 Å². The minimum atomic E-state index is -0.236. The number of aryl methyl sites for hydroxylation is 1. The lowest BCUT2D eigenvalue weighted by atomic mass is 10.0. The van der Waals surface area contributed by atoms with Gasteiger partial charge in [-0.2, -0.15) is 0 Å². The van der Waals surface area contributed by atoms with Crippen molar-refractivity contribution in [3.63, 3.8) is 0 Å². The Morgan fingerprint density at radius 2 is 1.70 bits per heavy atom. The van der Waals surface area contributed by atoms with Crippen molar-refractivity contribution in [1.29, 1.82) is 0 Å². The van der Waals surface area contributed by atoms with Gasteiger partial charge in [-0.3, -0.25) is 4.79 Å². The Balaban J connectivity index is 2.15. The molecule has 122 valence electrons. The second-order valence-electron chi connectivity index (χ2n) is 6.25. The van der Waals surface area contributed by atoms with Crippen LogP contribution in [0.2, 0.25) is 0 Å². The van der Waals surface area contributed by atoms with E-state index in [2.05, 4.69) is 34.4 Å². The number of hydrogen-bond donors (Lipinski definition) is 2. The van der Waals surface area contributed by atoms with Gasteiger partial charge in [-0.05, 0) is 50.5 Å². The van der Waals surface area contributed by atoms with E-state index in [1.165, 1.54) is 5.56 Å². The third-order valence-electron chi connectivity index (χ3n) is 3.34. The Morgan fingerprint density at radius 1 is 1.04 bits per heavy atom. The first-order valence-electron chi connectivity index (χ1n) is 7.88. The fourth-order valence-electron chi connectivity index (χ4n) is 2.15. The lowest BCUT2D eigenvalue weighted by Gasteiger charge is -2.11. The number of aromatic nitrogens is 2. The Kier molecular flexibility index (Phi) is 5.32. The number of anilines is 2. The van der Waals surface area contributed by atoms with Gasteiger partial charge in [0.15, 0.2) is 0 Å². The maximum atomic E-state index is 12.4. The van der Waals surface area contributed by atoms with Crippen LogP contribution in [0, 0.1) is 6.92 Å². The molecule has 0 atom stereocenters. The molecule has 0 aliphatic carbocycles. The number of nitrogens with zero attached hydrogens (tertiary/aromatic N) is 2. The van der Waals surface area contributed by atoms with Crippen LogP contribution < -0.4 is 10.6 Å². The Bertz CT molecular complexity index is 678. The number of rotatable bonds is 5. The smallest absolute Gasteiger partial charge is 0.274 e. The van der Waals surface area contributed by atoms with Crippen LogP contribution in [0.5, 0.6) is 0 Å². The molecule has 0 unspecified atom stereocenters. The van der Waals surface area contributed by atoms with Crippen molar-refractivity contribution in [1.82, 2.24) is 9.97 Å². The quantitative estimate of drug-likeness (QED) is 0.876. The third-order valence-corrected chi connectivity index (χ3v) is 3.34. The first-order valence-corrected chi connectivity index (χ1v) is 7.88. The number of hydrogen-bond acceptors (Lipinski definition) is 4. The summed E-state index contributed by atoms with van der Waals surface area (Å²) in [6.45, 7) is 10.1. The highest BCUT2D eigenvalue weighted by molar-refractivity contribution is 6.03. The summed E-state index contributed by atoms with van der Waals surface area (Å²) in [5, 5.41) is 6.00. The van der Waals surface area contributed by atoms with Gasteiger partial charge in [0.1, 0.15) is 5.69 Å². The fourth-order valence-corrected chi connectivity index (χ4v) is 2.15. The van der Waals surface area contributed by atoms with Crippen LogP contribution >= 0.6 is 0 Å². The molecule has 0 bridgehead atoms. The van der Waals surface area contributed by atoms with Crippen LogP contribution in [0.25, 0.3) is 0 Å². The number of benzene rings is 1. The van der Waals surface area contributed by atoms with Crippen molar-refractivity contribution in [2.24, 2.45) is 0 Å². The fraction of sp³-hybridized carbons (Fsp3) is 0.389. The average Bonchev–Trinajstić information content (AvgIpc) is 2.46. The van der Waals surface area contributed by atoms with E-state index in [0.29, 0.717) is 17.6 Å². The number of nitrogens with one attached hydrogen (secondary N) is 2. The van der Waals surface area contributed by atoms with Crippen molar-refractivity contribution >= 4 is 17.5 Å². The molecule has 0 fully saturated rings. The highest BCUT2D eigenvalue weighted by Gasteiger charge is 2.11. The van der Waals surface area contributed by atoms with E-state index < -0.39 is 0 Å². The van der Waals surface area contributed by atoms with Gasteiger partial charge >= 0.3 is 0 Å². The Morgan fingerprint density at radius 3 is 2.26 bits per heavy atom. The maximum absolute atomic E-state index is 12.4. The maximum Gasteiger partial charge on any atom is 0.274 e. The second-order valence-corrected chi connectivity index (χ2v) is 6.25. The molecule has 1 aromatic carbocycles. The van der Waals surface area contributed by atoms with Crippen LogP contribution in [0.3, 0.4) is 0 Å². The highest BCUT2D eigenvalue weighted by atomic mass is 16.1. The zero-order valence-corrected chi connectivity index (χ0v) is 14.3. The SMILES string of the molecule is Cc1cc(C(=O)Nc2ccc(C(C)C)cc2)nc(NC(C)C)n1. The molecule has 0 spiro atoms. The topological polar surface area (TPSA) is 66.9 Å². The summed E-state index contributed by atoms with van der Waals surface area (Å²) in [5.41, 5.74) is 3.11. The zero-order chi connectivity index (χ0) is 17.0. The molecule has 0 radical (unpaired) electrons. The third kappa shape index (κ3) is 4.77. The van der Waals surface area contributed by atoms with E-state index in [0.717, 1.165) is 11.4 Å². The molecular weight excluding hydrogens is 288 g/mol. The van der Waals surface area contributed by atoms with Gasteiger partial charge in [0.2, 0.25) is 5.95 Å². The van der Waals surface area contributed by atoms with E-state index in [1.54, 1.807) is 6.07 Å². The predicted octanol–water partition coefficient (Wildman–Crippen LogP) is 3.98. The molecule has 2 rings (SSSR count). The highest BCUT2D eigenvalue weighted by Crippen LogP contribution is 2.17. The van der Waals surface area contributed by atoms with Gasteiger partial charge in [-0.25, -0.2) is 9.97 Å². The summed E-state index contributed by atoms with van der Waals surface area (Å²) in [4.78, 5) is 21.0. The minimum absolute atomic E-state index is 0.205. The summed E-state index contributed by atoms with van der Waals surface area (Å²) in [7, 11) is 0. The molecule has 0 saturated heterocycles. The summed E-state index contributed by atoms with van der Waals surface area (Å²) in [5.74, 6) is 0.703. The van der Waals surface area contributed by atoms with E-state index in [1.807, 2.05) is 45.0 Å². The van der Waals surface area contributed by atoms with Crippen LogP contribution in [0.1, 0.15) is 55.4 Å². The molecule has 23 heavy (non-hydrogen) atoms. The number of amides is 1. The lowest BCUT2D eigenvalue weighted by molar-refractivity contribution is 0.102. The van der Waals surface area contributed by atoms with Gasteiger partial charge in [0.05, 0.1) is 0 Å². The molecule has 2 aromatic rings. The summed E-state index contributed by atoms with van der Waals surface area (Å²) >= 11 is 0. The molecule has 0 aliphatic rings. The second kappa shape index (κ2) is 7.22. The molecule has 2 N–H and O–H groups in total. The van der Waals surface area contributed by atoms with Crippen LogP contribution in [-0.4, -0.2) is 21.9 Å². The van der Waals surface area contributed by atoms with E-state index in [4.69, 9.17) is 0 Å². The van der Waals surface area contributed by atoms with Crippen molar-refractivity contribution in [2.75, 3.05) is 10.6 Å². The first-order chi connectivity index (χ1) is 10.8. The molecule has 1 amide bonds. The van der Waals surface area contributed by atoms with Gasteiger partial charge < -0.3 is 10.6 Å². The predicted molar refractivity (Wildman–Crippen MR) is 94.0 cm³/mol. The molecule has 5 nitrogen and oxygen atoms in total. The normalized spacial score (nSPS) is 10.9. The Labute approximate surface area is 137 Å². The molecule has 0 saturated carbocycles. The largest absolute Gasteiger partial charge is 0.352 e. The molecule has 0 aliphatic heterocycles. The van der Waals surface area contributed by atoms with Gasteiger partial charge in [0.25, 0.3) is 5.91 Å². The van der Waals surface area contributed by atoms with E-state index in [9.17, 15) is 4.79 Å². The van der Waals surface area contributed by atoms with Crippen LogP contribution in [0.4, 0.5) is 11.6 Å². The summed E-state index contributed by atoms with van der Waals surface area (Å²) in [6.07, 6.45) is 0. The van der Waals surface area contributed by atoms with E-state index in [-0.39, 0.29) is 11.9 Å². The van der Waals surface area contributed by atoms with Crippen molar-refractivity contribution in [2.45, 2.75) is 46.6 Å². The van der Waals surface area contributed by atoms with Crippen molar-refractivity contribution in [3.05, 3.63) is 47.3 Å². The van der Waals surface area contributed by atoms with Gasteiger partial charge in [0, 0.05) is 17.4 Å². The zero-order valence-electron chi connectivity index (χ0n) is 14.3. The standard InChI is InChI=1S/C18H24N4O/c1-11(2)14-6-8-15(9-7-14)21-17(23)16-10-13(5)20-18(22-16)19-12(3)4/h6-12H,1-5H3,(H,21,23)(H,19,20,22). The number of carbonyl (C=O) groups is 1. The van der Waals surface area contributed by atoms with E-state index >= 15 is 0 Å². The Hall–Kier alpha value is -2.43. The summed E-state index contributed by atoms with van der Waals surface area (Å²) in [6, 6.07) is 9.76. The van der Waals surface area contributed by atoms with Gasteiger partial charge in [-0.15, -0.1) is 0 Å². The molecule has 1 aromatic heterocycles. The molecular formula is C18H24N4O. The van der Waals surface area contributed by atoms with Crippen LogP contribution in [-0.2, 0) is 0 Å². The summed E-state index contributed by atoms with van der Waals surface area (Å²) < 4.78 is 0. The number of carbonyl (C=O) groups excluding carboxylic acids is 1. The average molecular weight is 312 g/mol.